The molecule has 0 atom stereocenters. The van der Waals surface area contributed by atoms with Gasteiger partial charge in [0.2, 0.25) is 15.9 Å². The lowest BCUT2D eigenvalue weighted by molar-refractivity contribution is -0.127. The van der Waals surface area contributed by atoms with E-state index in [1.807, 2.05) is 35.2 Å². The van der Waals surface area contributed by atoms with Gasteiger partial charge in [-0.15, -0.1) is 0 Å². The number of likely N-dealkylation sites (tertiary alicyclic amines) is 1. The van der Waals surface area contributed by atoms with Crippen LogP contribution in [0.5, 0.6) is 0 Å². The quantitative estimate of drug-likeness (QED) is 0.716. The number of benzene rings is 2. The molecule has 1 aliphatic heterocycles. The third-order valence-electron chi connectivity index (χ3n) is 4.59. The van der Waals surface area contributed by atoms with Crippen molar-refractivity contribution in [1.82, 2.24) is 9.21 Å². The summed E-state index contributed by atoms with van der Waals surface area (Å²) >= 11 is 0. The Kier molecular flexibility index (Phi) is 6.06. The predicted molar refractivity (Wildman–Crippen MR) is 101 cm³/mol. The summed E-state index contributed by atoms with van der Waals surface area (Å²) in [4.78, 5) is 13.9. The van der Waals surface area contributed by atoms with Crippen molar-refractivity contribution >= 4 is 15.9 Å². The Balaban J connectivity index is 1.74. The molecule has 0 radical (unpaired) electrons. The monoisotopic (exact) mass is 372 g/mol. The van der Waals surface area contributed by atoms with Crippen molar-refractivity contribution in [2.24, 2.45) is 0 Å². The average Bonchev–Trinajstić information content (AvgIpc) is 3.07. The Labute approximate surface area is 155 Å². The van der Waals surface area contributed by atoms with Crippen LogP contribution in [-0.4, -0.2) is 43.2 Å². The van der Waals surface area contributed by atoms with Gasteiger partial charge in [0.25, 0.3) is 0 Å². The molecule has 1 amide bonds. The van der Waals surface area contributed by atoms with Gasteiger partial charge >= 0.3 is 0 Å². The van der Waals surface area contributed by atoms with E-state index in [1.54, 1.807) is 30.3 Å². The first-order chi connectivity index (χ1) is 12.6. The molecule has 5 nitrogen and oxygen atoms in total. The first-order valence-electron chi connectivity index (χ1n) is 8.94. The Morgan fingerprint density at radius 1 is 0.962 bits per heavy atom. The van der Waals surface area contributed by atoms with E-state index in [-0.39, 0.29) is 5.91 Å². The highest BCUT2D eigenvalue weighted by atomic mass is 32.2. The van der Waals surface area contributed by atoms with Crippen LogP contribution in [0.1, 0.15) is 24.8 Å². The molecule has 1 saturated heterocycles. The smallest absolute Gasteiger partial charge is 0.243 e. The van der Waals surface area contributed by atoms with Crippen molar-refractivity contribution in [3.8, 4) is 0 Å². The molecule has 2 aromatic rings. The molecule has 0 spiro atoms. The topological polar surface area (TPSA) is 57.7 Å². The highest BCUT2D eigenvalue weighted by molar-refractivity contribution is 7.89. The van der Waals surface area contributed by atoms with Gasteiger partial charge in [-0.25, -0.2) is 8.42 Å². The van der Waals surface area contributed by atoms with Crippen LogP contribution in [0.25, 0.3) is 0 Å². The normalized spacial score (nSPS) is 15.0. The molecule has 1 aliphatic rings. The second kappa shape index (κ2) is 8.47. The largest absolute Gasteiger partial charge is 0.343 e. The minimum Gasteiger partial charge on any atom is -0.343 e. The third-order valence-corrected chi connectivity index (χ3v) is 6.45. The minimum absolute atomic E-state index is 0.172. The summed E-state index contributed by atoms with van der Waals surface area (Å²) in [6, 6.07) is 18.1. The van der Waals surface area contributed by atoms with Gasteiger partial charge in [-0.3, -0.25) is 4.79 Å². The van der Waals surface area contributed by atoms with Crippen molar-refractivity contribution < 1.29 is 13.2 Å². The maximum atomic E-state index is 13.1. The number of hydrogen-bond donors (Lipinski definition) is 0. The highest BCUT2D eigenvalue weighted by Gasteiger charge is 2.25. The second-order valence-corrected chi connectivity index (χ2v) is 8.41. The number of rotatable bonds is 8. The summed E-state index contributed by atoms with van der Waals surface area (Å²) < 4.78 is 27.7. The van der Waals surface area contributed by atoms with Crippen LogP contribution >= 0.6 is 0 Å². The fourth-order valence-electron chi connectivity index (χ4n) is 3.19. The number of hydrogen-bond acceptors (Lipinski definition) is 3. The molecular formula is C20H24N2O3S. The van der Waals surface area contributed by atoms with Crippen molar-refractivity contribution in [3.05, 3.63) is 66.2 Å². The Bertz CT molecular complexity index is 823. The summed E-state index contributed by atoms with van der Waals surface area (Å²) in [6.07, 6.45) is 2.13. The summed E-state index contributed by atoms with van der Waals surface area (Å²) in [5.74, 6) is 0.172. The molecule has 138 valence electrons. The number of amides is 1. The van der Waals surface area contributed by atoms with E-state index in [1.165, 1.54) is 4.31 Å². The fourth-order valence-corrected chi connectivity index (χ4v) is 4.68. The van der Waals surface area contributed by atoms with Crippen LogP contribution < -0.4 is 0 Å². The molecule has 2 aromatic carbocycles. The summed E-state index contributed by atoms with van der Waals surface area (Å²) in [5.41, 5.74) is 0.948. The van der Waals surface area contributed by atoms with Crippen LogP contribution in [0.3, 0.4) is 0 Å². The van der Waals surface area contributed by atoms with Gasteiger partial charge in [-0.1, -0.05) is 48.5 Å². The molecule has 3 rings (SSSR count). The lowest BCUT2D eigenvalue weighted by Gasteiger charge is -2.24. The molecule has 26 heavy (non-hydrogen) atoms. The molecule has 0 saturated carbocycles. The van der Waals surface area contributed by atoms with E-state index in [0.717, 1.165) is 18.5 Å². The van der Waals surface area contributed by atoms with Crippen LogP contribution in [0.4, 0.5) is 0 Å². The molecule has 0 unspecified atom stereocenters. The number of carbonyl (C=O) groups excluding carboxylic acids is 1. The lowest BCUT2D eigenvalue weighted by atomic mass is 10.2. The summed E-state index contributed by atoms with van der Waals surface area (Å²) in [6.45, 7) is 2.10. The summed E-state index contributed by atoms with van der Waals surface area (Å²) in [5, 5.41) is 0. The number of carbonyl (C=O) groups is 1. The Morgan fingerprint density at radius 3 is 2.23 bits per heavy atom. The van der Waals surface area contributed by atoms with E-state index in [2.05, 4.69) is 0 Å². The van der Waals surface area contributed by atoms with Crippen molar-refractivity contribution in [2.45, 2.75) is 30.7 Å². The molecule has 1 heterocycles. The van der Waals surface area contributed by atoms with E-state index < -0.39 is 10.0 Å². The van der Waals surface area contributed by atoms with E-state index in [4.69, 9.17) is 0 Å². The zero-order valence-electron chi connectivity index (χ0n) is 14.8. The van der Waals surface area contributed by atoms with Crippen LogP contribution in [0, 0.1) is 0 Å². The zero-order valence-corrected chi connectivity index (χ0v) is 15.6. The van der Waals surface area contributed by atoms with Gasteiger partial charge in [0.15, 0.2) is 0 Å². The molecular weight excluding hydrogens is 348 g/mol. The zero-order chi connectivity index (χ0) is 18.4. The molecule has 0 aliphatic carbocycles. The van der Waals surface area contributed by atoms with Gasteiger partial charge in [0.1, 0.15) is 0 Å². The van der Waals surface area contributed by atoms with Crippen LogP contribution in [0.2, 0.25) is 0 Å². The SMILES string of the molecule is O=C1CCCN1CCCN(Cc1ccccc1)S(=O)(=O)c1ccccc1. The standard InChI is InChI=1S/C20H24N2O3S/c23-20-13-7-14-21(20)15-8-16-22(17-18-9-3-1-4-10-18)26(24,25)19-11-5-2-6-12-19/h1-6,9-12H,7-8,13-17H2. The maximum Gasteiger partial charge on any atom is 0.243 e. The Morgan fingerprint density at radius 2 is 1.62 bits per heavy atom. The van der Waals surface area contributed by atoms with Crippen LogP contribution in [-0.2, 0) is 21.4 Å². The molecule has 0 N–H and O–H groups in total. The second-order valence-electron chi connectivity index (χ2n) is 6.48. The first-order valence-corrected chi connectivity index (χ1v) is 10.4. The minimum atomic E-state index is -3.58. The lowest BCUT2D eigenvalue weighted by Crippen LogP contribution is -2.34. The van der Waals surface area contributed by atoms with Crippen molar-refractivity contribution in [1.29, 1.82) is 0 Å². The average molecular weight is 372 g/mol. The van der Waals surface area contributed by atoms with E-state index in [9.17, 15) is 13.2 Å². The van der Waals surface area contributed by atoms with Gasteiger partial charge < -0.3 is 4.90 Å². The highest BCUT2D eigenvalue weighted by Crippen LogP contribution is 2.19. The van der Waals surface area contributed by atoms with Crippen molar-refractivity contribution in [3.63, 3.8) is 0 Å². The van der Waals surface area contributed by atoms with Gasteiger partial charge in [0, 0.05) is 32.6 Å². The van der Waals surface area contributed by atoms with Crippen LogP contribution in [0.15, 0.2) is 65.6 Å². The maximum absolute atomic E-state index is 13.1. The Hall–Kier alpha value is -2.18. The summed E-state index contributed by atoms with van der Waals surface area (Å²) in [7, 11) is -3.58. The van der Waals surface area contributed by atoms with E-state index in [0.29, 0.717) is 37.4 Å². The van der Waals surface area contributed by atoms with Gasteiger partial charge in [0.05, 0.1) is 4.90 Å². The van der Waals surface area contributed by atoms with Gasteiger partial charge in [-0.05, 0) is 30.5 Å². The first kappa shape index (κ1) is 18.6. The number of nitrogens with zero attached hydrogens (tertiary/aromatic N) is 2. The van der Waals surface area contributed by atoms with Crippen molar-refractivity contribution in [2.75, 3.05) is 19.6 Å². The molecule has 0 aromatic heterocycles. The fraction of sp³-hybridized carbons (Fsp3) is 0.350. The third kappa shape index (κ3) is 4.51. The molecule has 6 heteroatoms. The molecule has 0 bridgehead atoms. The number of sulfonamides is 1. The van der Waals surface area contributed by atoms with E-state index >= 15 is 0 Å². The predicted octanol–water partition coefficient (Wildman–Crippen LogP) is 2.89. The van der Waals surface area contributed by atoms with Gasteiger partial charge in [-0.2, -0.15) is 4.31 Å². The molecule has 1 fully saturated rings.